The molecule has 0 spiro atoms. The number of hydrogen-bond donors (Lipinski definition) is 1. The summed E-state index contributed by atoms with van der Waals surface area (Å²) in [6.07, 6.45) is 4.28. The maximum atomic E-state index is 12.7. The summed E-state index contributed by atoms with van der Waals surface area (Å²) in [4.78, 5) is 19.2. The van der Waals surface area contributed by atoms with Crippen LogP contribution in [0.25, 0.3) is 0 Å². The van der Waals surface area contributed by atoms with Crippen LogP contribution < -0.4 is 5.32 Å². The lowest BCUT2D eigenvalue weighted by Crippen LogP contribution is -2.44. The Morgan fingerprint density at radius 1 is 1.00 bits per heavy atom. The number of hydrogen-bond acceptors (Lipinski definition) is 4. The molecule has 0 saturated carbocycles. The molecule has 0 unspecified atom stereocenters. The predicted molar refractivity (Wildman–Crippen MR) is 88.5 cm³/mol. The zero-order valence-corrected chi connectivity index (χ0v) is 14.4. The smallest absolute Gasteiger partial charge is 0.226 e. The van der Waals surface area contributed by atoms with Crippen LogP contribution in [0.4, 0.5) is 0 Å². The van der Waals surface area contributed by atoms with Gasteiger partial charge in [-0.15, -0.1) is 0 Å². The van der Waals surface area contributed by atoms with Gasteiger partial charge in [0.1, 0.15) is 0 Å². The van der Waals surface area contributed by atoms with E-state index in [1.807, 2.05) is 0 Å². The standard InChI is InChI=1S/C16H34N4O/c1-18(2)10-6-12-20(13-7-11-19(3)4)16(21)15-8-5-9-17-14-15/h15,17H,5-14H2,1-4H3/t15-/m0/s1. The second-order valence-electron chi connectivity index (χ2n) is 6.68. The molecule has 0 aromatic heterocycles. The average molecular weight is 298 g/mol. The van der Waals surface area contributed by atoms with Gasteiger partial charge in [-0.05, 0) is 73.5 Å². The summed E-state index contributed by atoms with van der Waals surface area (Å²) in [5.41, 5.74) is 0. The van der Waals surface area contributed by atoms with Gasteiger partial charge < -0.3 is 20.0 Å². The molecule has 1 heterocycles. The molecule has 124 valence electrons. The monoisotopic (exact) mass is 298 g/mol. The maximum Gasteiger partial charge on any atom is 0.226 e. The van der Waals surface area contributed by atoms with Gasteiger partial charge in [-0.3, -0.25) is 4.79 Å². The second-order valence-corrected chi connectivity index (χ2v) is 6.68. The highest BCUT2D eigenvalue weighted by molar-refractivity contribution is 5.79. The molecule has 1 rings (SSSR count). The zero-order chi connectivity index (χ0) is 15.7. The van der Waals surface area contributed by atoms with E-state index in [9.17, 15) is 4.79 Å². The van der Waals surface area contributed by atoms with Crippen LogP contribution in [0.2, 0.25) is 0 Å². The van der Waals surface area contributed by atoms with E-state index in [0.717, 1.165) is 65.0 Å². The molecule has 0 radical (unpaired) electrons. The molecule has 0 bridgehead atoms. The van der Waals surface area contributed by atoms with Crippen LogP contribution in [0.5, 0.6) is 0 Å². The molecule has 0 aromatic rings. The van der Waals surface area contributed by atoms with Crippen molar-refractivity contribution in [3.8, 4) is 0 Å². The van der Waals surface area contributed by atoms with Gasteiger partial charge in [0.25, 0.3) is 0 Å². The number of nitrogens with zero attached hydrogens (tertiary/aromatic N) is 3. The average Bonchev–Trinajstić information content (AvgIpc) is 2.45. The largest absolute Gasteiger partial charge is 0.342 e. The Bertz CT molecular complexity index is 274. The minimum atomic E-state index is 0.192. The van der Waals surface area contributed by atoms with Gasteiger partial charge in [0, 0.05) is 19.6 Å². The molecule has 1 amide bonds. The van der Waals surface area contributed by atoms with E-state index >= 15 is 0 Å². The van der Waals surface area contributed by atoms with Crippen LogP contribution in [0.1, 0.15) is 25.7 Å². The van der Waals surface area contributed by atoms with Crippen LogP contribution in [-0.2, 0) is 4.79 Å². The molecule has 1 N–H and O–H groups in total. The maximum absolute atomic E-state index is 12.7. The number of amides is 1. The number of rotatable bonds is 9. The fourth-order valence-corrected chi connectivity index (χ4v) is 2.81. The zero-order valence-electron chi connectivity index (χ0n) is 14.4. The molecule has 0 aromatic carbocycles. The van der Waals surface area contributed by atoms with Gasteiger partial charge in [-0.25, -0.2) is 0 Å². The van der Waals surface area contributed by atoms with Crippen molar-refractivity contribution in [3.63, 3.8) is 0 Å². The van der Waals surface area contributed by atoms with Crippen molar-refractivity contribution >= 4 is 5.91 Å². The van der Waals surface area contributed by atoms with Gasteiger partial charge in [-0.2, -0.15) is 0 Å². The molecular formula is C16H34N4O. The third-order valence-electron chi connectivity index (χ3n) is 4.02. The van der Waals surface area contributed by atoms with E-state index in [4.69, 9.17) is 0 Å². The summed E-state index contributed by atoms with van der Waals surface area (Å²) in [7, 11) is 8.35. The highest BCUT2D eigenvalue weighted by Crippen LogP contribution is 2.14. The molecule has 21 heavy (non-hydrogen) atoms. The van der Waals surface area contributed by atoms with Crippen LogP contribution in [-0.4, -0.2) is 88.1 Å². The van der Waals surface area contributed by atoms with Crippen molar-refractivity contribution in [1.82, 2.24) is 20.0 Å². The lowest BCUT2D eigenvalue weighted by Gasteiger charge is -2.30. The molecule has 1 aliphatic heterocycles. The first-order chi connectivity index (χ1) is 10.0. The molecule has 5 nitrogen and oxygen atoms in total. The van der Waals surface area contributed by atoms with E-state index in [-0.39, 0.29) is 5.92 Å². The molecule has 0 aliphatic carbocycles. The highest BCUT2D eigenvalue weighted by atomic mass is 16.2. The first-order valence-corrected chi connectivity index (χ1v) is 8.29. The quantitative estimate of drug-likeness (QED) is 0.681. The van der Waals surface area contributed by atoms with E-state index in [1.165, 1.54) is 0 Å². The van der Waals surface area contributed by atoms with Crippen LogP contribution in [0, 0.1) is 5.92 Å². The van der Waals surface area contributed by atoms with Crippen molar-refractivity contribution in [2.75, 3.05) is 67.5 Å². The molecular weight excluding hydrogens is 264 g/mol. The third kappa shape index (κ3) is 7.79. The topological polar surface area (TPSA) is 38.8 Å². The lowest BCUT2D eigenvalue weighted by molar-refractivity contribution is -0.136. The van der Waals surface area contributed by atoms with Crippen LogP contribution in [0.15, 0.2) is 0 Å². The van der Waals surface area contributed by atoms with Crippen molar-refractivity contribution in [1.29, 1.82) is 0 Å². The van der Waals surface area contributed by atoms with Crippen LogP contribution in [0.3, 0.4) is 0 Å². The Balaban J connectivity index is 2.45. The Kier molecular flexibility index (Phi) is 8.88. The van der Waals surface area contributed by atoms with Gasteiger partial charge in [0.05, 0.1) is 5.92 Å². The predicted octanol–water partition coefficient (Wildman–Crippen LogP) is 0.718. The van der Waals surface area contributed by atoms with Crippen molar-refractivity contribution < 1.29 is 4.79 Å². The first kappa shape index (κ1) is 18.4. The fourth-order valence-electron chi connectivity index (χ4n) is 2.81. The normalized spacial score (nSPS) is 19.2. The van der Waals surface area contributed by atoms with E-state index in [2.05, 4.69) is 48.2 Å². The number of carbonyl (C=O) groups is 1. The second kappa shape index (κ2) is 10.1. The summed E-state index contributed by atoms with van der Waals surface area (Å²) < 4.78 is 0. The van der Waals surface area contributed by atoms with Crippen molar-refractivity contribution in [2.24, 2.45) is 5.92 Å². The van der Waals surface area contributed by atoms with Crippen LogP contribution >= 0.6 is 0 Å². The van der Waals surface area contributed by atoms with Gasteiger partial charge in [0.15, 0.2) is 0 Å². The van der Waals surface area contributed by atoms with Crippen molar-refractivity contribution in [2.45, 2.75) is 25.7 Å². The van der Waals surface area contributed by atoms with Gasteiger partial charge in [0.2, 0.25) is 5.91 Å². The molecule has 5 heteroatoms. The molecule has 1 fully saturated rings. The lowest BCUT2D eigenvalue weighted by atomic mass is 9.98. The third-order valence-corrected chi connectivity index (χ3v) is 4.02. The van der Waals surface area contributed by atoms with E-state index in [0.29, 0.717) is 5.91 Å². The molecule has 1 atom stereocenters. The van der Waals surface area contributed by atoms with E-state index < -0.39 is 0 Å². The summed E-state index contributed by atoms with van der Waals surface area (Å²) in [6, 6.07) is 0. The Morgan fingerprint density at radius 3 is 2.00 bits per heavy atom. The summed E-state index contributed by atoms with van der Waals surface area (Å²) in [5, 5.41) is 3.36. The number of piperidine rings is 1. The minimum Gasteiger partial charge on any atom is -0.342 e. The number of carbonyl (C=O) groups excluding carboxylic acids is 1. The Morgan fingerprint density at radius 2 is 1.57 bits per heavy atom. The SMILES string of the molecule is CN(C)CCCN(CCCN(C)C)C(=O)[C@H]1CCCNC1. The Hall–Kier alpha value is -0.650. The van der Waals surface area contributed by atoms with Crippen molar-refractivity contribution in [3.05, 3.63) is 0 Å². The number of nitrogens with one attached hydrogen (secondary N) is 1. The summed E-state index contributed by atoms with van der Waals surface area (Å²) >= 11 is 0. The highest BCUT2D eigenvalue weighted by Gasteiger charge is 2.25. The summed E-state index contributed by atoms with van der Waals surface area (Å²) in [6.45, 7) is 5.78. The minimum absolute atomic E-state index is 0.192. The van der Waals surface area contributed by atoms with Gasteiger partial charge in [-0.1, -0.05) is 0 Å². The Labute approximate surface area is 130 Å². The summed E-state index contributed by atoms with van der Waals surface area (Å²) in [5.74, 6) is 0.553. The first-order valence-electron chi connectivity index (χ1n) is 8.29. The van der Waals surface area contributed by atoms with Gasteiger partial charge >= 0.3 is 0 Å². The molecule has 1 aliphatic rings. The molecule has 1 saturated heterocycles. The van der Waals surface area contributed by atoms with E-state index in [1.54, 1.807) is 0 Å². The fraction of sp³-hybridized carbons (Fsp3) is 0.938.